The molecule has 0 radical (unpaired) electrons. The molecular weight excluding hydrogens is 224 g/mol. The predicted molar refractivity (Wildman–Crippen MR) is 69.1 cm³/mol. The maximum atomic E-state index is 11.7. The maximum absolute atomic E-state index is 11.7. The molecule has 5 heteroatoms. The van der Waals surface area contributed by atoms with Crippen molar-refractivity contribution in [3.63, 3.8) is 0 Å². The largest absolute Gasteiger partial charge is 0.317 e. The fraction of sp³-hybridized carbons (Fsp3) is 1.00. The lowest BCUT2D eigenvalue weighted by atomic mass is 10.0. The van der Waals surface area contributed by atoms with Crippen LogP contribution in [0.15, 0.2) is 0 Å². The Bertz CT molecular complexity index is 274. The van der Waals surface area contributed by atoms with Gasteiger partial charge < -0.3 is 5.32 Å². The summed E-state index contributed by atoms with van der Waals surface area (Å²) in [7, 11) is -3.13. The van der Waals surface area contributed by atoms with Gasteiger partial charge in [0.2, 0.25) is 10.0 Å². The van der Waals surface area contributed by atoms with Gasteiger partial charge in [0.05, 0.1) is 5.75 Å². The molecule has 0 heterocycles. The minimum Gasteiger partial charge on any atom is -0.317 e. The van der Waals surface area contributed by atoms with Crippen LogP contribution in [0.5, 0.6) is 0 Å². The third-order valence-corrected chi connectivity index (χ3v) is 4.01. The van der Waals surface area contributed by atoms with E-state index in [1.807, 2.05) is 20.8 Å². The van der Waals surface area contributed by atoms with Crippen LogP contribution in [0.3, 0.4) is 0 Å². The van der Waals surface area contributed by atoms with Gasteiger partial charge in [-0.25, -0.2) is 13.1 Å². The Morgan fingerprint density at radius 1 is 1.19 bits per heavy atom. The highest BCUT2D eigenvalue weighted by atomic mass is 32.2. The molecule has 0 unspecified atom stereocenters. The number of rotatable bonds is 9. The van der Waals surface area contributed by atoms with Gasteiger partial charge in [0.15, 0.2) is 0 Å². The quantitative estimate of drug-likeness (QED) is 0.610. The predicted octanol–water partition coefficient (Wildman–Crippen LogP) is 1.48. The van der Waals surface area contributed by atoms with Crippen LogP contribution < -0.4 is 10.0 Å². The Labute approximate surface area is 100 Å². The number of hydrogen-bond donors (Lipinski definition) is 2. The van der Waals surface area contributed by atoms with Crippen molar-refractivity contribution in [1.82, 2.24) is 10.0 Å². The molecule has 0 aromatic rings. The Hall–Kier alpha value is -0.130. The zero-order valence-electron chi connectivity index (χ0n) is 11.0. The van der Waals surface area contributed by atoms with Crippen LogP contribution in [0, 0.1) is 0 Å². The third-order valence-electron chi connectivity index (χ3n) is 2.32. The first-order valence-electron chi connectivity index (χ1n) is 6.05. The first-order chi connectivity index (χ1) is 7.33. The second-order valence-electron chi connectivity index (χ2n) is 4.76. The van der Waals surface area contributed by atoms with Gasteiger partial charge in [-0.1, -0.05) is 20.3 Å². The van der Waals surface area contributed by atoms with Crippen LogP contribution in [0.2, 0.25) is 0 Å². The smallest absolute Gasteiger partial charge is 0.212 e. The van der Waals surface area contributed by atoms with E-state index in [1.54, 1.807) is 0 Å². The molecule has 0 atom stereocenters. The van der Waals surface area contributed by atoms with Crippen molar-refractivity contribution in [2.24, 2.45) is 0 Å². The lowest BCUT2D eigenvalue weighted by molar-refractivity contribution is 0.417. The van der Waals surface area contributed by atoms with Crippen LogP contribution in [-0.4, -0.2) is 32.8 Å². The molecule has 0 aromatic carbocycles. The van der Waals surface area contributed by atoms with Gasteiger partial charge in [-0.3, -0.25) is 0 Å². The van der Waals surface area contributed by atoms with E-state index in [0.29, 0.717) is 6.42 Å². The molecule has 0 saturated carbocycles. The minimum atomic E-state index is -3.13. The highest BCUT2D eigenvalue weighted by Gasteiger charge is 2.23. The number of hydrogen-bond acceptors (Lipinski definition) is 3. The van der Waals surface area contributed by atoms with E-state index in [0.717, 1.165) is 25.9 Å². The first kappa shape index (κ1) is 15.9. The second-order valence-corrected chi connectivity index (χ2v) is 6.60. The van der Waals surface area contributed by atoms with Gasteiger partial charge in [0, 0.05) is 5.54 Å². The zero-order valence-corrected chi connectivity index (χ0v) is 11.8. The van der Waals surface area contributed by atoms with Crippen LogP contribution in [-0.2, 0) is 10.0 Å². The van der Waals surface area contributed by atoms with E-state index in [-0.39, 0.29) is 11.3 Å². The molecule has 0 bridgehead atoms. The van der Waals surface area contributed by atoms with E-state index in [9.17, 15) is 8.42 Å². The van der Waals surface area contributed by atoms with E-state index in [1.165, 1.54) is 0 Å². The summed E-state index contributed by atoms with van der Waals surface area (Å²) in [4.78, 5) is 0. The SMILES string of the molecule is CCCC(C)(C)NS(=O)(=O)CCCNCC. The number of nitrogens with one attached hydrogen (secondary N) is 2. The van der Waals surface area contributed by atoms with E-state index >= 15 is 0 Å². The third kappa shape index (κ3) is 8.07. The molecule has 98 valence electrons. The summed E-state index contributed by atoms with van der Waals surface area (Å²) in [6, 6.07) is 0. The average Bonchev–Trinajstić information content (AvgIpc) is 2.10. The van der Waals surface area contributed by atoms with Crippen molar-refractivity contribution >= 4 is 10.0 Å². The van der Waals surface area contributed by atoms with Gasteiger partial charge in [0.1, 0.15) is 0 Å². The van der Waals surface area contributed by atoms with E-state index in [4.69, 9.17) is 0 Å². The molecule has 4 nitrogen and oxygen atoms in total. The summed E-state index contributed by atoms with van der Waals surface area (Å²) in [5.41, 5.74) is -0.328. The normalized spacial score (nSPS) is 13.0. The topological polar surface area (TPSA) is 58.2 Å². The molecule has 0 spiro atoms. The molecule has 2 N–H and O–H groups in total. The van der Waals surface area contributed by atoms with Crippen LogP contribution in [0.1, 0.15) is 47.0 Å². The minimum absolute atomic E-state index is 0.202. The summed E-state index contributed by atoms with van der Waals surface area (Å²) < 4.78 is 26.2. The highest BCUT2D eigenvalue weighted by Crippen LogP contribution is 2.12. The van der Waals surface area contributed by atoms with Crippen molar-refractivity contribution in [1.29, 1.82) is 0 Å². The van der Waals surface area contributed by atoms with Gasteiger partial charge in [-0.15, -0.1) is 0 Å². The lowest BCUT2D eigenvalue weighted by Gasteiger charge is -2.25. The molecule has 16 heavy (non-hydrogen) atoms. The van der Waals surface area contributed by atoms with Crippen LogP contribution in [0.25, 0.3) is 0 Å². The molecule has 0 aliphatic rings. The Morgan fingerprint density at radius 3 is 2.31 bits per heavy atom. The van der Waals surface area contributed by atoms with Crippen LogP contribution in [0.4, 0.5) is 0 Å². The van der Waals surface area contributed by atoms with Crippen molar-refractivity contribution in [3.05, 3.63) is 0 Å². The molecule has 0 rings (SSSR count). The Balaban J connectivity index is 4.04. The van der Waals surface area contributed by atoms with Gasteiger partial charge in [-0.2, -0.15) is 0 Å². The van der Waals surface area contributed by atoms with Crippen LogP contribution >= 0.6 is 0 Å². The average molecular weight is 250 g/mol. The summed E-state index contributed by atoms with van der Waals surface area (Å²) in [6.07, 6.45) is 2.50. The van der Waals surface area contributed by atoms with Gasteiger partial charge in [-0.05, 0) is 39.8 Å². The number of sulfonamides is 1. The monoisotopic (exact) mass is 250 g/mol. The second kappa shape index (κ2) is 7.25. The molecule has 0 saturated heterocycles. The standard InChI is InChI=1S/C11H26N2O2S/c1-5-8-11(3,4)13-16(14,15)10-7-9-12-6-2/h12-13H,5-10H2,1-4H3. The summed E-state index contributed by atoms with van der Waals surface area (Å²) in [5.74, 6) is 0.202. The fourth-order valence-electron chi connectivity index (χ4n) is 1.71. The van der Waals surface area contributed by atoms with Gasteiger partial charge in [0.25, 0.3) is 0 Å². The molecule has 0 amide bonds. The van der Waals surface area contributed by atoms with Crippen molar-refractivity contribution in [2.45, 2.75) is 52.5 Å². The molecule has 0 aliphatic carbocycles. The highest BCUT2D eigenvalue weighted by molar-refractivity contribution is 7.89. The fourth-order valence-corrected chi connectivity index (χ4v) is 3.28. The molecular formula is C11H26N2O2S. The molecule has 0 aliphatic heterocycles. The van der Waals surface area contributed by atoms with Crippen molar-refractivity contribution < 1.29 is 8.42 Å². The van der Waals surface area contributed by atoms with Crippen molar-refractivity contribution in [2.75, 3.05) is 18.8 Å². The zero-order chi connectivity index (χ0) is 12.7. The molecule has 0 aromatic heterocycles. The maximum Gasteiger partial charge on any atom is 0.212 e. The van der Waals surface area contributed by atoms with E-state index < -0.39 is 10.0 Å². The Morgan fingerprint density at radius 2 is 1.81 bits per heavy atom. The summed E-state index contributed by atoms with van der Waals surface area (Å²) >= 11 is 0. The Kier molecular flexibility index (Phi) is 7.19. The van der Waals surface area contributed by atoms with Gasteiger partial charge >= 0.3 is 0 Å². The molecule has 0 fully saturated rings. The summed E-state index contributed by atoms with van der Waals surface area (Å²) in [6.45, 7) is 9.56. The lowest BCUT2D eigenvalue weighted by Crippen LogP contribution is -2.44. The van der Waals surface area contributed by atoms with Crippen molar-refractivity contribution in [3.8, 4) is 0 Å². The summed E-state index contributed by atoms with van der Waals surface area (Å²) in [5, 5.41) is 3.12. The first-order valence-corrected chi connectivity index (χ1v) is 7.70. The van der Waals surface area contributed by atoms with E-state index in [2.05, 4.69) is 17.0 Å².